The summed E-state index contributed by atoms with van der Waals surface area (Å²) < 4.78 is 13.1. The van der Waals surface area contributed by atoms with Crippen LogP contribution in [0.2, 0.25) is 0 Å². The second-order valence-corrected chi connectivity index (χ2v) is 2.79. The van der Waals surface area contributed by atoms with E-state index in [1.54, 1.807) is 24.3 Å². The predicted octanol–water partition coefficient (Wildman–Crippen LogP) is 1.15. The third-order valence-electron chi connectivity index (χ3n) is 1.73. The Labute approximate surface area is 86.7 Å². The largest absolute Gasteiger partial charge is 0.334 e. The minimum absolute atomic E-state index is 0.0664. The van der Waals surface area contributed by atoms with E-state index in [1.807, 2.05) is 0 Å². The van der Waals surface area contributed by atoms with Gasteiger partial charge in [-0.05, 0) is 6.07 Å². The van der Waals surface area contributed by atoms with E-state index >= 15 is 0 Å². The molecule has 0 heterocycles. The summed E-state index contributed by atoms with van der Waals surface area (Å²) in [5.74, 6) is -0.363. The number of urea groups is 1. The summed E-state index contributed by atoms with van der Waals surface area (Å²) in [6, 6.07) is 7.45. The lowest BCUT2D eigenvalue weighted by atomic mass is 10.2. The maximum atomic E-state index is 13.1. The molecule has 0 spiro atoms. The van der Waals surface area contributed by atoms with Gasteiger partial charge in [0.2, 0.25) is 0 Å². The molecular formula is C10H10FN3O. The number of nitriles is 1. The van der Waals surface area contributed by atoms with Crippen molar-refractivity contribution in [1.29, 1.82) is 5.26 Å². The zero-order chi connectivity index (χ0) is 11.1. The number of hydrogen-bond acceptors (Lipinski definition) is 2. The van der Waals surface area contributed by atoms with Crippen molar-refractivity contribution >= 4 is 6.03 Å². The van der Waals surface area contributed by atoms with Gasteiger partial charge in [-0.25, -0.2) is 9.18 Å². The first-order valence-electron chi connectivity index (χ1n) is 4.36. The van der Waals surface area contributed by atoms with Crippen LogP contribution < -0.4 is 10.6 Å². The van der Waals surface area contributed by atoms with Gasteiger partial charge in [-0.1, -0.05) is 18.2 Å². The number of hydrogen-bond donors (Lipinski definition) is 2. The highest BCUT2D eigenvalue weighted by Gasteiger charge is 2.02. The standard InChI is InChI=1S/C10H10FN3O/c11-9-4-2-1-3-8(9)7-14-10(15)13-6-5-12/h1-4H,6-7H2,(H2,13,14,15). The fourth-order valence-corrected chi connectivity index (χ4v) is 1.000. The summed E-state index contributed by atoms with van der Waals surface area (Å²) in [6.45, 7) is 0.0348. The van der Waals surface area contributed by atoms with Gasteiger partial charge in [-0.3, -0.25) is 0 Å². The molecule has 2 amide bonds. The summed E-state index contributed by atoms with van der Waals surface area (Å²) >= 11 is 0. The normalized spacial score (nSPS) is 9.07. The van der Waals surface area contributed by atoms with Crippen LogP contribution in [0.4, 0.5) is 9.18 Å². The van der Waals surface area contributed by atoms with Gasteiger partial charge in [0.05, 0.1) is 6.07 Å². The van der Waals surface area contributed by atoms with Gasteiger partial charge in [-0.15, -0.1) is 0 Å². The number of nitrogens with one attached hydrogen (secondary N) is 2. The van der Waals surface area contributed by atoms with Crippen LogP contribution in [0.5, 0.6) is 0 Å². The molecule has 0 aromatic heterocycles. The average molecular weight is 207 g/mol. The lowest BCUT2D eigenvalue weighted by molar-refractivity contribution is 0.241. The summed E-state index contributed by atoms with van der Waals surface area (Å²) in [4.78, 5) is 11.0. The van der Waals surface area contributed by atoms with Crippen molar-refractivity contribution in [3.05, 3.63) is 35.6 Å². The van der Waals surface area contributed by atoms with Crippen molar-refractivity contribution < 1.29 is 9.18 Å². The Bertz CT molecular complexity index is 386. The van der Waals surface area contributed by atoms with E-state index in [1.165, 1.54) is 6.07 Å². The highest BCUT2D eigenvalue weighted by atomic mass is 19.1. The first kappa shape index (κ1) is 11.0. The minimum atomic E-state index is -0.486. The lowest BCUT2D eigenvalue weighted by Gasteiger charge is -2.05. The number of benzene rings is 1. The Hall–Kier alpha value is -2.09. The fraction of sp³-hybridized carbons (Fsp3) is 0.200. The van der Waals surface area contributed by atoms with Crippen molar-refractivity contribution in [2.75, 3.05) is 6.54 Å². The minimum Gasteiger partial charge on any atom is -0.334 e. The quantitative estimate of drug-likeness (QED) is 0.730. The number of rotatable bonds is 3. The van der Waals surface area contributed by atoms with E-state index in [4.69, 9.17) is 5.26 Å². The Morgan fingerprint density at radius 1 is 1.40 bits per heavy atom. The fourth-order valence-electron chi connectivity index (χ4n) is 1.000. The van der Waals surface area contributed by atoms with Crippen LogP contribution in [-0.2, 0) is 6.54 Å². The Balaban J connectivity index is 2.41. The van der Waals surface area contributed by atoms with Gasteiger partial charge in [0.15, 0.2) is 0 Å². The maximum Gasteiger partial charge on any atom is 0.315 e. The number of carbonyl (C=O) groups is 1. The van der Waals surface area contributed by atoms with Gasteiger partial charge in [-0.2, -0.15) is 5.26 Å². The Kier molecular flexibility index (Phi) is 4.10. The molecule has 0 aliphatic heterocycles. The molecule has 0 atom stereocenters. The molecule has 0 saturated carbocycles. The van der Waals surface area contributed by atoms with Crippen LogP contribution in [0.3, 0.4) is 0 Å². The Morgan fingerprint density at radius 2 is 2.13 bits per heavy atom. The molecule has 1 aromatic rings. The number of amides is 2. The van der Waals surface area contributed by atoms with Crippen molar-refractivity contribution in [3.63, 3.8) is 0 Å². The number of nitrogens with zero attached hydrogens (tertiary/aromatic N) is 1. The lowest BCUT2D eigenvalue weighted by Crippen LogP contribution is -2.35. The second kappa shape index (κ2) is 5.60. The van der Waals surface area contributed by atoms with E-state index in [0.29, 0.717) is 5.56 Å². The molecule has 0 aliphatic carbocycles. The average Bonchev–Trinajstić information content (AvgIpc) is 2.25. The SMILES string of the molecule is N#CCNC(=O)NCc1ccccc1F. The third kappa shape index (κ3) is 3.65. The second-order valence-electron chi connectivity index (χ2n) is 2.79. The third-order valence-corrected chi connectivity index (χ3v) is 1.73. The molecule has 1 aromatic carbocycles. The highest BCUT2D eigenvalue weighted by molar-refractivity contribution is 5.74. The van der Waals surface area contributed by atoms with Crippen LogP contribution >= 0.6 is 0 Å². The van der Waals surface area contributed by atoms with Gasteiger partial charge in [0.1, 0.15) is 12.4 Å². The zero-order valence-electron chi connectivity index (χ0n) is 7.96. The monoisotopic (exact) mass is 207 g/mol. The van der Waals surface area contributed by atoms with Gasteiger partial charge < -0.3 is 10.6 Å². The summed E-state index contributed by atoms with van der Waals surface area (Å²) in [5.41, 5.74) is 0.407. The van der Waals surface area contributed by atoms with Crippen LogP contribution in [0, 0.1) is 17.1 Å². The highest BCUT2D eigenvalue weighted by Crippen LogP contribution is 2.04. The van der Waals surface area contributed by atoms with Crippen molar-refractivity contribution in [2.24, 2.45) is 0 Å². The van der Waals surface area contributed by atoms with Crippen molar-refractivity contribution in [2.45, 2.75) is 6.54 Å². The molecule has 0 radical (unpaired) electrons. The topological polar surface area (TPSA) is 64.9 Å². The van der Waals surface area contributed by atoms with Crippen molar-refractivity contribution in [1.82, 2.24) is 10.6 Å². The summed E-state index contributed by atoms with van der Waals surface area (Å²) in [5, 5.41) is 12.9. The van der Waals surface area contributed by atoms with E-state index in [-0.39, 0.29) is 18.9 Å². The van der Waals surface area contributed by atoms with Gasteiger partial charge >= 0.3 is 6.03 Å². The van der Waals surface area contributed by atoms with Gasteiger partial charge in [0.25, 0.3) is 0 Å². The van der Waals surface area contributed by atoms with Crippen LogP contribution in [-0.4, -0.2) is 12.6 Å². The molecule has 0 aliphatic rings. The molecule has 78 valence electrons. The van der Waals surface area contributed by atoms with Crippen LogP contribution in [0.15, 0.2) is 24.3 Å². The zero-order valence-corrected chi connectivity index (χ0v) is 7.96. The molecule has 15 heavy (non-hydrogen) atoms. The molecular weight excluding hydrogens is 197 g/mol. The summed E-state index contributed by atoms with van der Waals surface area (Å²) in [6.07, 6.45) is 0. The predicted molar refractivity (Wildman–Crippen MR) is 52.3 cm³/mol. The molecule has 2 N–H and O–H groups in total. The molecule has 1 rings (SSSR count). The number of carbonyl (C=O) groups excluding carboxylic acids is 1. The van der Waals surface area contributed by atoms with E-state index in [0.717, 1.165) is 0 Å². The summed E-state index contributed by atoms with van der Waals surface area (Å²) in [7, 11) is 0. The van der Waals surface area contributed by atoms with E-state index in [2.05, 4.69) is 10.6 Å². The van der Waals surface area contributed by atoms with Gasteiger partial charge in [0, 0.05) is 12.1 Å². The molecule has 0 fully saturated rings. The molecule has 5 heteroatoms. The van der Waals surface area contributed by atoms with E-state index < -0.39 is 6.03 Å². The van der Waals surface area contributed by atoms with E-state index in [9.17, 15) is 9.18 Å². The molecule has 4 nitrogen and oxygen atoms in total. The number of halogens is 1. The molecule has 0 unspecified atom stereocenters. The van der Waals surface area contributed by atoms with Crippen molar-refractivity contribution in [3.8, 4) is 6.07 Å². The first-order valence-corrected chi connectivity index (χ1v) is 4.36. The van der Waals surface area contributed by atoms with Crippen LogP contribution in [0.25, 0.3) is 0 Å². The maximum absolute atomic E-state index is 13.1. The molecule has 0 bridgehead atoms. The van der Waals surface area contributed by atoms with Crippen LogP contribution in [0.1, 0.15) is 5.56 Å². The Morgan fingerprint density at radius 3 is 2.80 bits per heavy atom. The smallest absolute Gasteiger partial charge is 0.315 e. The first-order chi connectivity index (χ1) is 7.24. The molecule has 0 saturated heterocycles.